The van der Waals surface area contributed by atoms with Crippen molar-refractivity contribution in [3.05, 3.63) is 60.4 Å². The van der Waals surface area contributed by atoms with Crippen LogP contribution in [-0.2, 0) is 4.74 Å². The van der Waals surface area contributed by atoms with Crippen LogP contribution in [0.2, 0.25) is 0 Å². The topological polar surface area (TPSA) is 84.4 Å². The Morgan fingerprint density at radius 3 is 2.67 bits per heavy atom. The van der Waals surface area contributed by atoms with E-state index in [1.54, 1.807) is 17.3 Å². The minimum atomic E-state index is -0.521. The van der Waals surface area contributed by atoms with E-state index in [4.69, 9.17) is 9.72 Å². The molecule has 3 aromatic rings. The van der Waals surface area contributed by atoms with Gasteiger partial charge in [0.2, 0.25) is 0 Å². The predicted octanol–water partition coefficient (Wildman–Crippen LogP) is 4.67. The van der Waals surface area contributed by atoms with Crippen molar-refractivity contribution in [1.29, 1.82) is 0 Å². The molecule has 2 aromatic heterocycles. The maximum atomic E-state index is 13.2. The fraction of sp³-hybridized carbons (Fsp3) is 0.385. The summed E-state index contributed by atoms with van der Waals surface area (Å²) in [6.07, 6.45) is 4.99. The van der Waals surface area contributed by atoms with E-state index in [-0.39, 0.29) is 17.9 Å². The third-order valence-corrected chi connectivity index (χ3v) is 5.66. The second kappa shape index (κ2) is 9.57. The van der Waals surface area contributed by atoms with E-state index in [1.165, 1.54) is 0 Å². The normalized spacial score (nSPS) is 16.5. The predicted molar refractivity (Wildman–Crippen MR) is 128 cm³/mol. The van der Waals surface area contributed by atoms with Crippen molar-refractivity contribution in [2.45, 2.75) is 39.2 Å². The molecule has 0 bridgehead atoms. The number of ether oxygens (including phenoxy) is 1. The van der Waals surface area contributed by atoms with Gasteiger partial charge in [0.15, 0.2) is 0 Å². The van der Waals surface area contributed by atoms with E-state index in [2.05, 4.69) is 10.3 Å². The molecule has 7 nitrogen and oxygen atoms in total. The number of amides is 2. The lowest BCUT2D eigenvalue weighted by molar-refractivity contribution is 0.0167. The highest BCUT2D eigenvalue weighted by Gasteiger charge is 2.28. The molecule has 172 valence electrons. The molecule has 1 aliphatic heterocycles. The molecule has 1 fully saturated rings. The van der Waals surface area contributed by atoms with Crippen molar-refractivity contribution < 1.29 is 14.3 Å². The summed E-state index contributed by atoms with van der Waals surface area (Å²) in [5, 5.41) is 3.90. The van der Waals surface area contributed by atoms with Crippen molar-refractivity contribution >= 4 is 22.9 Å². The van der Waals surface area contributed by atoms with Gasteiger partial charge in [-0.2, -0.15) is 0 Å². The molecule has 4 rings (SSSR count). The second-order valence-corrected chi connectivity index (χ2v) is 9.45. The molecule has 0 spiro atoms. The van der Waals surface area contributed by atoms with E-state index in [9.17, 15) is 9.59 Å². The molecule has 1 unspecified atom stereocenters. The SMILES string of the molecule is CC(C)(C)OC(=O)N1CCCC(CNC(=O)c2cc(-c3ccncc3)nc3ccccc23)C1. The number of carbonyl (C=O) groups excluding carboxylic acids is 2. The number of likely N-dealkylation sites (tertiary alicyclic amines) is 1. The van der Waals surface area contributed by atoms with E-state index < -0.39 is 5.60 Å². The lowest BCUT2D eigenvalue weighted by Crippen LogP contribution is -2.45. The summed E-state index contributed by atoms with van der Waals surface area (Å²) in [5.74, 6) is 0.0429. The number of fused-ring (bicyclic) bond motifs is 1. The Balaban J connectivity index is 1.48. The first-order valence-electron chi connectivity index (χ1n) is 11.4. The number of nitrogens with zero attached hydrogens (tertiary/aromatic N) is 3. The highest BCUT2D eigenvalue weighted by Crippen LogP contribution is 2.25. The Morgan fingerprint density at radius 2 is 1.91 bits per heavy atom. The molecule has 0 aliphatic carbocycles. The van der Waals surface area contributed by atoms with Crippen molar-refractivity contribution in [1.82, 2.24) is 20.2 Å². The molecule has 7 heteroatoms. The number of carbonyl (C=O) groups is 2. The van der Waals surface area contributed by atoms with E-state index in [1.807, 2.05) is 63.2 Å². The number of piperidine rings is 1. The van der Waals surface area contributed by atoms with Gasteiger partial charge < -0.3 is 15.0 Å². The number of aromatic nitrogens is 2. The number of rotatable bonds is 4. The average Bonchev–Trinajstić information content (AvgIpc) is 2.81. The summed E-state index contributed by atoms with van der Waals surface area (Å²) in [4.78, 5) is 36.2. The molecule has 1 N–H and O–H groups in total. The molecule has 1 aromatic carbocycles. The zero-order valence-corrected chi connectivity index (χ0v) is 19.4. The summed E-state index contributed by atoms with van der Waals surface area (Å²) in [6.45, 7) is 7.36. The number of hydrogen-bond acceptors (Lipinski definition) is 5. The Labute approximate surface area is 194 Å². The third-order valence-electron chi connectivity index (χ3n) is 5.66. The van der Waals surface area contributed by atoms with E-state index >= 15 is 0 Å². The summed E-state index contributed by atoms with van der Waals surface area (Å²) < 4.78 is 5.51. The second-order valence-electron chi connectivity index (χ2n) is 9.45. The van der Waals surface area contributed by atoms with Crippen molar-refractivity contribution in [2.75, 3.05) is 19.6 Å². The van der Waals surface area contributed by atoms with Crippen LogP contribution in [0.25, 0.3) is 22.2 Å². The minimum absolute atomic E-state index is 0.140. The van der Waals surface area contributed by atoms with Crippen LogP contribution in [0.1, 0.15) is 44.0 Å². The Morgan fingerprint density at radius 1 is 1.15 bits per heavy atom. The maximum absolute atomic E-state index is 13.2. The molecule has 33 heavy (non-hydrogen) atoms. The van der Waals surface area contributed by atoms with Crippen molar-refractivity contribution in [2.24, 2.45) is 5.92 Å². The van der Waals surface area contributed by atoms with Crippen molar-refractivity contribution in [3.63, 3.8) is 0 Å². The molecular formula is C26H30N4O3. The average molecular weight is 447 g/mol. The molecule has 0 radical (unpaired) electrons. The smallest absolute Gasteiger partial charge is 0.410 e. The summed E-state index contributed by atoms with van der Waals surface area (Å²) in [5.41, 5.74) is 2.48. The molecule has 2 amide bonds. The van der Waals surface area contributed by atoms with Gasteiger partial charge in [0.1, 0.15) is 5.60 Å². The first kappa shape index (κ1) is 22.7. The number of hydrogen-bond donors (Lipinski definition) is 1. The third kappa shape index (κ3) is 5.66. The van der Waals surface area contributed by atoms with Gasteiger partial charge in [-0.25, -0.2) is 9.78 Å². The van der Waals surface area contributed by atoms with E-state index in [0.717, 1.165) is 35.0 Å². The van der Waals surface area contributed by atoms with Gasteiger partial charge in [0.05, 0.1) is 16.8 Å². The quantitative estimate of drug-likeness (QED) is 0.629. The summed E-state index contributed by atoms with van der Waals surface area (Å²) in [7, 11) is 0. The Bertz CT molecular complexity index is 1140. The highest BCUT2D eigenvalue weighted by molar-refractivity contribution is 6.07. The lowest BCUT2D eigenvalue weighted by atomic mass is 9.98. The maximum Gasteiger partial charge on any atom is 0.410 e. The van der Waals surface area contributed by atoms with Crippen LogP contribution >= 0.6 is 0 Å². The van der Waals surface area contributed by atoms with Crippen molar-refractivity contribution in [3.8, 4) is 11.3 Å². The van der Waals surface area contributed by atoms with Crippen LogP contribution < -0.4 is 5.32 Å². The number of benzene rings is 1. The molecule has 0 saturated carbocycles. The Hall–Kier alpha value is -3.48. The zero-order valence-electron chi connectivity index (χ0n) is 19.4. The monoisotopic (exact) mass is 446 g/mol. The van der Waals surface area contributed by atoms with Crippen LogP contribution in [0.15, 0.2) is 54.9 Å². The van der Waals surface area contributed by atoms with Crippen LogP contribution in [0.5, 0.6) is 0 Å². The number of nitrogens with one attached hydrogen (secondary N) is 1. The van der Waals surface area contributed by atoms with Gasteiger partial charge in [0, 0.05) is 43.0 Å². The van der Waals surface area contributed by atoms with Crippen LogP contribution in [0, 0.1) is 5.92 Å². The summed E-state index contributed by atoms with van der Waals surface area (Å²) in [6, 6.07) is 13.3. The summed E-state index contributed by atoms with van der Waals surface area (Å²) >= 11 is 0. The molecular weight excluding hydrogens is 416 g/mol. The molecule has 3 heterocycles. The van der Waals surface area contributed by atoms with Gasteiger partial charge in [-0.15, -0.1) is 0 Å². The lowest BCUT2D eigenvalue weighted by Gasteiger charge is -2.34. The largest absolute Gasteiger partial charge is 0.444 e. The molecule has 1 saturated heterocycles. The fourth-order valence-corrected chi connectivity index (χ4v) is 4.09. The van der Waals surface area contributed by atoms with Gasteiger partial charge in [-0.3, -0.25) is 9.78 Å². The number of pyridine rings is 2. The standard InChI is InChI=1S/C26H30N4O3/c1-26(2,3)33-25(32)30-14-6-7-18(17-30)16-28-24(31)21-15-23(19-10-12-27-13-11-19)29-22-9-5-4-8-20(21)22/h4-5,8-13,15,18H,6-7,14,16-17H2,1-3H3,(H,28,31). The van der Waals surface area contributed by atoms with Gasteiger partial charge in [0.25, 0.3) is 5.91 Å². The number of para-hydroxylation sites is 1. The van der Waals surface area contributed by atoms with E-state index in [0.29, 0.717) is 25.2 Å². The molecule has 1 atom stereocenters. The zero-order chi connectivity index (χ0) is 23.4. The first-order valence-corrected chi connectivity index (χ1v) is 11.4. The van der Waals surface area contributed by atoms with Gasteiger partial charge >= 0.3 is 6.09 Å². The first-order chi connectivity index (χ1) is 15.8. The van der Waals surface area contributed by atoms with Gasteiger partial charge in [-0.1, -0.05) is 18.2 Å². The van der Waals surface area contributed by atoms with Crippen LogP contribution in [-0.4, -0.2) is 52.1 Å². The molecule has 1 aliphatic rings. The van der Waals surface area contributed by atoms with Gasteiger partial charge in [-0.05, 0) is 63.8 Å². The van der Waals surface area contributed by atoms with Crippen LogP contribution in [0.4, 0.5) is 4.79 Å². The minimum Gasteiger partial charge on any atom is -0.444 e. The fourth-order valence-electron chi connectivity index (χ4n) is 4.09. The Kier molecular flexibility index (Phi) is 6.58. The highest BCUT2D eigenvalue weighted by atomic mass is 16.6. The van der Waals surface area contributed by atoms with Crippen LogP contribution in [0.3, 0.4) is 0 Å².